The van der Waals surface area contributed by atoms with Crippen LogP contribution < -0.4 is 24.8 Å². The van der Waals surface area contributed by atoms with Gasteiger partial charge in [-0.2, -0.15) is 47.3 Å². The zero-order chi connectivity index (χ0) is 20.9. The monoisotopic (exact) mass is 556 g/mol. The molecule has 0 heterocycles. The van der Waals surface area contributed by atoms with E-state index in [1.807, 2.05) is 29.4 Å². The van der Waals surface area contributed by atoms with E-state index in [1.54, 1.807) is 0 Å². The van der Waals surface area contributed by atoms with Gasteiger partial charge < -0.3 is 24.8 Å². The minimum absolute atomic E-state index is 0. The van der Waals surface area contributed by atoms with Crippen LogP contribution in [0, 0.1) is 6.07 Å². The van der Waals surface area contributed by atoms with Crippen molar-refractivity contribution in [3.8, 4) is 11.1 Å². The Bertz CT molecular complexity index is 1040. The van der Waals surface area contributed by atoms with Gasteiger partial charge in [-0.1, -0.05) is 41.5 Å². The van der Waals surface area contributed by atoms with E-state index >= 15 is 0 Å². The molecule has 4 aromatic carbocycles. The molecule has 0 N–H and O–H groups in total. The van der Waals surface area contributed by atoms with Crippen molar-refractivity contribution in [2.45, 2.75) is 32.6 Å². The van der Waals surface area contributed by atoms with Crippen LogP contribution in [0.1, 0.15) is 11.1 Å². The summed E-state index contributed by atoms with van der Waals surface area (Å²) in [6.45, 7) is 9.86. The maximum Gasteiger partial charge on any atom is -0.0253 e. The molecule has 31 heavy (non-hydrogen) atoms. The predicted molar refractivity (Wildman–Crippen MR) is 128 cm³/mol. The zero-order valence-corrected chi connectivity index (χ0v) is 24.5. The molecule has 4 aromatic rings. The molecule has 0 atom stereocenters. The van der Waals surface area contributed by atoms with Crippen LogP contribution in [0.5, 0.6) is 0 Å². The number of hydrogen-bond acceptors (Lipinski definition) is 0. The molecule has 0 aliphatic heterocycles. The van der Waals surface area contributed by atoms with Crippen LogP contribution in [0.2, 0.25) is 26.2 Å². The summed E-state index contributed by atoms with van der Waals surface area (Å²) in [6, 6.07) is 32.8. The molecule has 0 aromatic heterocycles. The van der Waals surface area contributed by atoms with Crippen molar-refractivity contribution >= 4 is 23.3 Å². The maximum absolute atomic E-state index is 3.30. The van der Waals surface area contributed by atoms with Crippen molar-refractivity contribution in [1.82, 2.24) is 0 Å². The fourth-order valence-corrected chi connectivity index (χ4v) is 3.07. The number of benzene rings is 3. The summed E-state index contributed by atoms with van der Waals surface area (Å²) in [4.78, 5) is 0.179. The second-order valence-electron chi connectivity index (χ2n) is 8.43. The maximum atomic E-state index is 3.30. The molecule has 1 aliphatic carbocycles. The third-order valence-corrected chi connectivity index (χ3v) is 30.9. The molecular formula is C26H28Cl2Si2Zr-2. The third kappa shape index (κ3) is 7.91. The summed E-state index contributed by atoms with van der Waals surface area (Å²) in [6.07, 6.45) is 1.05. The Kier molecular flexibility index (Phi) is 11.8. The first-order chi connectivity index (χ1) is 13.9. The fraction of sp³-hybridized carbons (Fsp3) is 0.192. The van der Waals surface area contributed by atoms with E-state index in [0.717, 1.165) is 6.42 Å². The van der Waals surface area contributed by atoms with E-state index in [0.29, 0.717) is 0 Å². The largest absolute Gasteiger partial charge is 1.00 e. The first kappa shape index (κ1) is 28.2. The Hall–Kier alpha value is -0.833. The van der Waals surface area contributed by atoms with Crippen molar-refractivity contribution < 1.29 is 48.1 Å². The molecule has 0 saturated carbocycles. The van der Waals surface area contributed by atoms with Crippen molar-refractivity contribution in [3.05, 3.63) is 102 Å². The summed E-state index contributed by atoms with van der Waals surface area (Å²) in [5, 5.41) is 2.66. The van der Waals surface area contributed by atoms with E-state index in [4.69, 9.17) is 0 Å². The normalized spacial score (nSPS) is 10.8. The summed E-state index contributed by atoms with van der Waals surface area (Å²) >= 11 is 1.82. The Morgan fingerprint density at radius 1 is 0.871 bits per heavy atom. The van der Waals surface area contributed by atoms with Gasteiger partial charge in [0.05, 0.1) is 0 Å². The van der Waals surface area contributed by atoms with E-state index in [2.05, 4.69) is 111 Å². The molecule has 0 nitrogen and oxygen atoms in total. The zero-order valence-electron chi connectivity index (χ0n) is 18.5. The van der Waals surface area contributed by atoms with E-state index in [-0.39, 0.29) is 29.8 Å². The van der Waals surface area contributed by atoms with E-state index in [9.17, 15) is 0 Å². The van der Waals surface area contributed by atoms with Crippen LogP contribution in [0.15, 0.2) is 84.9 Å². The molecule has 5 rings (SSSR count). The average Bonchev–Trinajstić information content (AvgIpc) is 3.32. The first-order valence-corrected chi connectivity index (χ1v) is 20.3. The Balaban J connectivity index is 0.000000238. The minimum Gasteiger partial charge on any atom is -1.00 e. The minimum atomic E-state index is -0.593. The third-order valence-electron chi connectivity index (χ3n) is 5.29. The Morgan fingerprint density at radius 3 is 2.16 bits per heavy atom. The van der Waals surface area contributed by atoms with Gasteiger partial charge in [-0.15, -0.1) is 35.2 Å². The fourth-order valence-electron chi connectivity index (χ4n) is 3.07. The van der Waals surface area contributed by atoms with Crippen molar-refractivity contribution in [3.63, 3.8) is 0 Å². The van der Waals surface area contributed by atoms with Crippen LogP contribution >= 0.6 is 0 Å². The van der Waals surface area contributed by atoms with Crippen LogP contribution in [0.3, 0.4) is 0 Å². The predicted octanol–water partition coefficient (Wildman–Crippen LogP) is 1.20. The molecule has 0 radical (unpaired) electrons. The molecule has 5 heteroatoms. The summed E-state index contributed by atoms with van der Waals surface area (Å²) in [7, 11) is -0.593. The van der Waals surface area contributed by atoms with Gasteiger partial charge in [0.2, 0.25) is 0 Å². The van der Waals surface area contributed by atoms with Crippen molar-refractivity contribution in [1.29, 1.82) is 0 Å². The topological polar surface area (TPSA) is 0 Å². The first-order valence-electron chi connectivity index (χ1n) is 10.1. The molecule has 0 spiro atoms. The van der Waals surface area contributed by atoms with Crippen LogP contribution in [0.4, 0.5) is 0 Å². The van der Waals surface area contributed by atoms with E-state index < -0.39 is 7.59 Å². The molecule has 160 valence electrons. The van der Waals surface area contributed by atoms with Crippen LogP contribution in [0.25, 0.3) is 21.9 Å². The number of halogens is 2. The van der Waals surface area contributed by atoms with Gasteiger partial charge in [-0.25, -0.2) is 0 Å². The second kappa shape index (κ2) is 13.0. The van der Waals surface area contributed by atoms with Crippen molar-refractivity contribution in [2.75, 3.05) is 0 Å². The van der Waals surface area contributed by atoms with Gasteiger partial charge in [0, 0.05) is 0 Å². The van der Waals surface area contributed by atoms with Gasteiger partial charge >= 0.3 is 62.1 Å². The quantitative estimate of drug-likeness (QED) is 0.214. The number of fused-ring (bicyclic) bond motifs is 4. The van der Waals surface area contributed by atoms with E-state index in [1.165, 1.54) is 33.0 Å². The van der Waals surface area contributed by atoms with Crippen LogP contribution in [-0.4, -0.2) is 12.5 Å². The Morgan fingerprint density at radius 2 is 1.48 bits per heavy atom. The van der Waals surface area contributed by atoms with Gasteiger partial charge in [0.15, 0.2) is 0 Å². The van der Waals surface area contributed by atoms with Gasteiger partial charge in [0.25, 0.3) is 0 Å². The molecule has 0 fully saturated rings. The number of rotatable bonds is 1. The summed E-state index contributed by atoms with van der Waals surface area (Å²) < 4.78 is 0. The molecule has 0 bridgehead atoms. The van der Waals surface area contributed by atoms with Crippen molar-refractivity contribution in [2.24, 2.45) is 0 Å². The average molecular weight is 559 g/mol. The second-order valence-corrected chi connectivity index (χ2v) is 30.1. The molecule has 1 aliphatic rings. The number of hydrogen-bond donors (Lipinski definition) is 0. The standard InChI is InChI=1S/C13H9.C9H7.C4H12Si2.2ClH.Zr/c1-3-7-12-10(5-1)9-11-6-2-4-8-13(11)12;1-2-5-9-7-3-6-8(9)4-1;1-5-6(2,3)4;;;/h1-5,7-8H,9H2;1-7H;1-4H3;2*1H;/q2*-1;;;;+2/p-2. The molecule has 0 saturated heterocycles. The smallest absolute Gasteiger partial charge is 0.0253 e. The molecule has 0 unspecified atom stereocenters. The SMILES string of the molecule is C[Si](=[Zr+2])[Si](C)(C)C.[Cl-].[Cl-].[c-]1cccc2c1Cc1ccccc1-2.c1ccc2[cH-]ccc2c1. The molecular weight excluding hydrogens is 531 g/mol. The Labute approximate surface area is 215 Å². The van der Waals surface area contributed by atoms with Crippen LogP contribution in [-0.2, 0) is 29.8 Å². The summed E-state index contributed by atoms with van der Waals surface area (Å²) in [5.41, 5.74) is 5.51. The van der Waals surface area contributed by atoms with Gasteiger partial charge in [-0.05, 0) is 6.42 Å². The summed E-state index contributed by atoms with van der Waals surface area (Å²) in [5.74, 6) is 0. The van der Waals surface area contributed by atoms with Gasteiger partial charge in [0.1, 0.15) is 0 Å². The van der Waals surface area contributed by atoms with Gasteiger partial charge in [-0.3, -0.25) is 0 Å². The molecule has 0 amide bonds.